The van der Waals surface area contributed by atoms with Gasteiger partial charge in [0.05, 0.1) is 19.1 Å². The Morgan fingerprint density at radius 1 is 1.15 bits per heavy atom. The molecule has 6 nitrogen and oxygen atoms in total. The van der Waals surface area contributed by atoms with Crippen LogP contribution < -0.4 is 9.47 Å². The fraction of sp³-hybridized carbons (Fsp3) is 0.440. The van der Waals surface area contributed by atoms with Gasteiger partial charge in [0.15, 0.2) is 0 Å². The second-order valence-electron chi connectivity index (χ2n) is 8.27. The molecule has 176 valence electrons. The molecule has 1 saturated carbocycles. The van der Waals surface area contributed by atoms with E-state index in [1.165, 1.54) is 18.2 Å². The first-order valence-electron chi connectivity index (χ1n) is 11.3. The van der Waals surface area contributed by atoms with Gasteiger partial charge in [-0.2, -0.15) is 0 Å². The lowest BCUT2D eigenvalue weighted by Crippen LogP contribution is -2.39. The summed E-state index contributed by atoms with van der Waals surface area (Å²) in [5.41, 5.74) is 1.75. The third-order valence-electron chi connectivity index (χ3n) is 6.11. The molecule has 2 heterocycles. The number of furan rings is 1. The smallest absolute Gasteiger partial charge is 0.266 e. The van der Waals surface area contributed by atoms with Crippen LogP contribution in [-0.4, -0.2) is 47.1 Å². The normalized spacial score (nSPS) is 18.4. The van der Waals surface area contributed by atoms with Crippen molar-refractivity contribution in [1.29, 1.82) is 0 Å². The molecule has 0 radical (unpaired) electrons. The average molecular weight is 488 g/mol. The average Bonchev–Trinajstić information content (AvgIpc) is 3.37. The molecule has 0 bridgehead atoms. The Hall–Kier alpha value is -2.29. The van der Waals surface area contributed by atoms with Crippen LogP contribution in [0.1, 0.15) is 49.8 Å². The second kappa shape index (κ2) is 10.8. The Balaban J connectivity index is 1.67. The van der Waals surface area contributed by atoms with Crippen molar-refractivity contribution in [1.82, 2.24) is 4.90 Å². The quantitative estimate of drug-likeness (QED) is 0.394. The molecule has 0 spiro atoms. The largest absolute Gasteiger partial charge is 0.497 e. The molecule has 8 heteroatoms. The lowest BCUT2D eigenvalue weighted by molar-refractivity contribution is -0.124. The maximum absolute atomic E-state index is 13.2. The summed E-state index contributed by atoms with van der Waals surface area (Å²) >= 11 is 6.91. The molecular formula is C25H29NO5S2. The molecule has 2 fully saturated rings. The molecule has 1 aliphatic heterocycles. The number of thiocarbonyl (C=S) groups is 1. The van der Waals surface area contributed by atoms with E-state index in [0.717, 1.165) is 36.8 Å². The van der Waals surface area contributed by atoms with E-state index in [-0.39, 0.29) is 18.6 Å². The standard InChI is InChI=1S/C25H29NO5S2/c1-29-19-11-17(12-20(14-19)30-2)21-13-16(7-6-10-27)22(31-21)15-23-24(28)26(25(32)33-23)18-8-4-3-5-9-18/h11-15,18,27H,3-10H2,1-2H3. The number of ether oxygens (including phenoxy) is 2. The van der Waals surface area contributed by atoms with E-state index in [9.17, 15) is 9.90 Å². The Morgan fingerprint density at radius 2 is 1.85 bits per heavy atom. The topological polar surface area (TPSA) is 72.1 Å². The summed E-state index contributed by atoms with van der Waals surface area (Å²) in [5.74, 6) is 2.55. The molecule has 1 aliphatic carbocycles. The SMILES string of the molecule is COc1cc(OC)cc(-c2cc(CCCO)c(C=C3SC(=S)N(C4CCCCC4)C3=O)o2)c1. The summed E-state index contributed by atoms with van der Waals surface area (Å²) < 4.78 is 17.6. The summed E-state index contributed by atoms with van der Waals surface area (Å²) in [6.07, 6.45) is 8.54. The van der Waals surface area contributed by atoms with Crippen LogP contribution >= 0.6 is 24.0 Å². The summed E-state index contributed by atoms with van der Waals surface area (Å²) in [4.78, 5) is 15.6. The molecule has 33 heavy (non-hydrogen) atoms. The van der Waals surface area contributed by atoms with Crippen LogP contribution in [0.2, 0.25) is 0 Å². The van der Waals surface area contributed by atoms with Crippen LogP contribution in [0.3, 0.4) is 0 Å². The molecule has 0 atom stereocenters. The Morgan fingerprint density at radius 3 is 2.48 bits per heavy atom. The Labute approximate surface area is 203 Å². The molecule has 1 amide bonds. The highest BCUT2D eigenvalue weighted by Crippen LogP contribution is 2.39. The van der Waals surface area contributed by atoms with Crippen molar-refractivity contribution >= 4 is 40.3 Å². The molecule has 4 rings (SSSR count). The minimum atomic E-state index is -0.0361. The molecule has 1 saturated heterocycles. The van der Waals surface area contributed by atoms with E-state index in [4.69, 9.17) is 26.1 Å². The fourth-order valence-electron chi connectivity index (χ4n) is 4.37. The number of thioether (sulfide) groups is 1. The Bertz CT molecular complexity index is 1030. The number of carbonyl (C=O) groups excluding carboxylic acids is 1. The third-order valence-corrected chi connectivity index (χ3v) is 7.44. The number of benzene rings is 1. The lowest BCUT2D eigenvalue weighted by Gasteiger charge is -2.29. The van der Waals surface area contributed by atoms with Gasteiger partial charge in [-0.3, -0.25) is 9.69 Å². The van der Waals surface area contributed by atoms with Gasteiger partial charge in [0.1, 0.15) is 27.3 Å². The van der Waals surface area contributed by atoms with Gasteiger partial charge in [0.2, 0.25) is 0 Å². The number of aryl methyl sites for hydroxylation is 1. The van der Waals surface area contributed by atoms with Crippen molar-refractivity contribution in [2.24, 2.45) is 0 Å². The van der Waals surface area contributed by atoms with E-state index in [2.05, 4.69) is 0 Å². The molecule has 2 aromatic rings. The number of hydrogen-bond donors (Lipinski definition) is 1. The maximum atomic E-state index is 13.2. The number of hydrogen-bond acceptors (Lipinski definition) is 7. The van der Waals surface area contributed by atoms with Crippen LogP contribution in [0.4, 0.5) is 0 Å². The van der Waals surface area contributed by atoms with Gasteiger partial charge in [-0.1, -0.05) is 43.2 Å². The van der Waals surface area contributed by atoms with E-state index < -0.39 is 0 Å². The minimum Gasteiger partial charge on any atom is -0.497 e. The molecular weight excluding hydrogens is 458 g/mol. The number of aliphatic hydroxyl groups excluding tert-OH is 1. The van der Waals surface area contributed by atoms with E-state index in [1.54, 1.807) is 31.3 Å². The van der Waals surface area contributed by atoms with Gasteiger partial charge in [0, 0.05) is 30.4 Å². The van der Waals surface area contributed by atoms with Crippen molar-refractivity contribution in [3.8, 4) is 22.8 Å². The zero-order valence-corrected chi connectivity index (χ0v) is 20.6. The molecule has 1 aromatic carbocycles. The zero-order valence-electron chi connectivity index (χ0n) is 19.0. The van der Waals surface area contributed by atoms with Gasteiger partial charge in [-0.05, 0) is 49.4 Å². The highest BCUT2D eigenvalue weighted by atomic mass is 32.2. The van der Waals surface area contributed by atoms with Crippen LogP contribution in [-0.2, 0) is 11.2 Å². The van der Waals surface area contributed by atoms with E-state index >= 15 is 0 Å². The second-order valence-corrected chi connectivity index (χ2v) is 9.95. The Kier molecular flexibility index (Phi) is 7.78. The number of aliphatic hydroxyl groups is 1. The van der Waals surface area contributed by atoms with Crippen molar-refractivity contribution in [3.05, 3.63) is 40.5 Å². The van der Waals surface area contributed by atoms with Crippen LogP contribution in [0.5, 0.6) is 11.5 Å². The number of nitrogens with zero attached hydrogens (tertiary/aromatic N) is 1. The fourth-order valence-corrected chi connectivity index (χ4v) is 5.75. The molecule has 1 N–H and O–H groups in total. The van der Waals surface area contributed by atoms with Crippen molar-refractivity contribution in [2.75, 3.05) is 20.8 Å². The highest BCUT2D eigenvalue weighted by molar-refractivity contribution is 8.26. The number of amides is 1. The van der Waals surface area contributed by atoms with Crippen LogP contribution in [0.25, 0.3) is 17.4 Å². The number of carbonyl (C=O) groups is 1. The van der Waals surface area contributed by atoms with Gasteiger partial charge in [-0.25, -0.2) is 0 Å². The highest BCUT2D eigenvalue weighted by Gasteiger charge is 2.37. The lowest BCUT2D eigenvalue weighted by atomic mass is 9.94. The summed E-state index contributed by atoms with van der Waals surface area (Å²) in [6.45, 7) is 0.0801. The first-order valence-corrected chi connectivity index (χ1v) is 12.5. The monoisotopic (exact) mass is 487 g/mol. The molecule has 0 unspecified atom stereocenters. The minimum absolute atomic E-state index is 0.0361. The maximum Gasteiger partial charge on any atom is 0.266 e. The summed E-state index contributed by atoms with van der Waals surface area (Å²) in [7, 11) is 3.21. The summed E-state index contributed by atoms with van der Waals surface area (Å²) in [5, 5.41) is 9.36. The predicted octanol–water partition coefficient (Wildman–Crippen LogP) is 5.42. The first kappa shape index (κ1) is 23.9. The number of methoxy groups -OCH3 is 2. The molecule has 1 aromatic heterocycles. The van der Waals surface area contributed by atoms with Gasteiger partial charge < -0.3 is 19.0 Å². The third kappa shape index (κ3) is 5.28. The van der Waals surface area contributed by atoms with Gasteiger partial charge in [-0.15, -0.1) is 0 Å². The molecule has 2 aliphatic rings. The van der Waals surface area contributed by atoms with E-state index in [1.807, 2.05) is 18.2 Å². The van der Waals surface area contributed by atoms with Crippen molar-refractivity contribution in [2.45, 2.75) is 51.0 Å². The van der Waals surface area contributed by atoms with Crippen molar-refractivity contribution < 1.29 is 23.8 Å². The van der Waals surface area contributed by atoms with E-state index in [0.29, 0.717) is 45.1 Å². The number of rotatable bonds is 8. The van der Waals surface area contributed by atoms with Crippen molar-refractivity contribution in [3.63, 3.8) is 0 Å². The zero-order chi connectivity index (χ0) is 23.4. The first-order chi connectivity index (χ1) is 16.0. The van der Waals surface area contributed by atoms with Crippen LogP contribution in [0, 0.1) is 0 Å². The van der Waals surface area contributed by atoms with Crippen LogP contribution in [0.15, 0.2) is 33.6 Å². The predicted molar refractivity (Wildman–Crippen MR) is 135 cm³/mol. The summed E-state index contributed by atoms with van der Waals surface area (Å²) in [6, 6.07) is 7.71. The van der Waals surface area contributed by atoms with Gasteiger partial charge >= 0.3 is 0 Å². The van der Waals surface area contributed by atoms with Gasteiger partial charge in [0.25, 0.3) is 5.91 Å².